The highest BCUT2D eigenvalue weighted by Gasteiger charge is 2.48. The zero-order chi connectivity index (χ0) is 14.7. The molecule has 2 unspecified atom stereocenters. The Bertz CT molecular complexity index is 373. The number of carboxylic acids is 1. The average Bonchev–Trinajstić information content (AvgIpc) is 3.16. The minimum atomic E-state index is -0.879. The minimum Gasteiger partial charge on any atom is -0.480 e. The predicted octanol–water partition coefficient (Wildman–Crippen LogP) is 2.47. The summed E-state index contributed by atoms with van der Waals surface area (Å²) in [6.07, 6.45) is 5.43. The molecule has 0 radical (unpaired) electrons. The molecule has 2 amide bonds. The lowest BCUT2D eigenvalue weighted by molar-refractivity contribution is -0.141. The topological polar surface area (TPSA) is 60.9 Å². The predicted molar refractivity (Wildman–Crippen MR) is 79.8 cm³/mol. The van der Waals surface area contributed by atoms with Gasteiger partial charge in [0.2, 0.25) is 0 Å². The van der Waals surface area contributed by atoms with Gasteiger partial charge in [-0.1, -0.05) is 19.8 Å². The van der Waals surface area contributed by atoms with E-state index in [0.717, 1.165) is 32.1 Å². The fourth-order valence-corrected chi connectivity index (χ4v) is 4.22. The molecular weight excluding hydrogens is 276 g/mol. The van der Waals surface area contributed by atoms with Crippen LogP contribution in [0.25, 0.3) is 0 Å². The Balaban J connectivity index is 2.00. The van der Waals surface area contributed by atoms with Crippen molar-refractivity contribution in [3.63, 3.8) is 0 Å². The van der Waals surface area contributed by atoms with Gasteiger partial charge in [0.05, 0.1) is 5.37 Å². The Morgan fingerprint density at radius 3 is 2.60 bits per heavy atom. The summed E-state index contributed by atoms with van der Waals surface area (Å²) in [5.41, 5.74) is 0. The summed E-state index contributed by atoms with van der Waals surface area (Å²) < 4.78 is 0. The molecule has 1 saturated carbocycles. The molecule has 6 heteroatoms. The number of hydrogen-bond acceptors (Lipinski definition) is 3. The number of nitrogens with zero attached hydrogens (tertiary/aromatic N) is 2. The fraction of sp³-hybridized carbons (Fsp3) is 0.857. The third-order valence-electron chi connectivity index (χ3n) is 3.99. The van der Waals surface area contributed by atoms with E-state index in [2.05, 4.69) is 6.92 Å². The molecule has 1 heterocycles. The molecule has 1 N–H and O–H groups in total. The summed E-state index contributed by atoms with van der Waals surface area (Å²) in [4.78, 5) is 27.2. The molecule has 1 aliphatic heterocycles. The molecule has 2 aliphatic rings. The van der Waals surface area contributed by atoms with Crippen LogP contribution >= 0.6 is 11.8 Å². The maximum Gasteiger partial charge on any atom is 0.327 e. The Morgan fingerprint density at radius 2 is 2.05 bits per heavy atom. The Morgan fingerprint density at radius 1 is 1.35 bits per heavy atom. The number of carbonyl (C=O) groups excluding carboxylic acids is 1. The van der Waals surface area contributed by atoms with E-state index >= 15 is 0 Å². The normalized spacial score (nSPS) is 25.8. The average molecular weight is 300 g/mol. The second-order valence-corrected chi connectivity index (χ2v) is 6.88. The second-order valence-electron chi connectivity index (χ2n) is 5.73. The van der Waals surface area contributed by atoms with Gasteiger partial charge >= 0.3 is 12.0 Å². The zero-order valence-corrected chi connectivity index (χ0v) is 13.1. The van der Waals surface area contributed by atoms with Gasteiger partial charge in [-0.3, -0.25) is 4.90 Å². The molecule has 0 bridgehead atoms. The third kappa shape index (κ3) is 3.40. The smallest absolute Gasteiger partial charge is 0.327 e. The lowest BCUT2D eigenvalue weighted by Gasteiger charge is -2.31. The minimum absolute atomic E-state index is 0.0669. The quantitative estimate of drug-likeness (QED) is 0.766. The summed E-state index contributed by atoms with van der Waals surface area (Å²) in [6.45, 7) is 2.83. The van der Waals surface area contributed by atoms with Gasteiger partial charge in [0.25, 0.3) is 0 Å². The number of rotatable bonds is 6. The Labute approximate surface area is 124 Å². The van der Waals surface area contributed by atoms with E-state index in [1.54, 1.807) is 28.6 Å². The highest BCUT2D eigenvalue weighted by molar-refractivity contribution is 8.00. The highest BCUT2D eigenvalue weighted by Crippen LogP contribution is 2.45. The monoisotopic (exact) mass is 300 g/mol. The van der Waals surface area contributed by atoms with Crippen molar-refractivity contribution in [2.24, 2.45) is 5.92 Å². The van der Waals surface area contributed by atoms with Crippen LogP contribution < -0.4 is 0 Å². The van der Waals surface area contributed by atoms with E-state index in [9.17, 15) is 14.7 Å². The van der Waals surface area contributed by atoms with Crippen LogP contribution in [-0.2, 0) is 4.79 Å². The maximum atomic E-state index is 12.6. The van der Waals surface area contributed by atoms with Gasteiger partial charge < -0.3 is 10.0 Å². The molecule has 1 saturated heterocycles. The van der Waals surface area contributed by atoms with Gasteiger partial charge in [-0.2, -0.15) is 0 Å². The molecule has 20 heavy (non-hydrogen) atoms. The largest absolute Gasteiger partial charge is 0.480 e. The molecule has 2 fully saturated rings. The lowest BCUT2D eigenvalue weighted by atomic mass is 10.2. The van der Waals surface area contributed by atoms with E-state index in [1.165, 1.54) is 0 Å². The second kappa shape index (κ2) is 6.70. The number of urea groups is 1. The molecule has 0 aromatic carbocycles. The standard InChI is InChI=1S/C14H24N2O3S/c1-3-4-5-8-15(2)14(19)16-11(13(17)18)9-20-12(16)10-6-7-10/h10-12H,3-9H2,1-2H3,(H,17,18). The van der Waals surface area contributed by atoms with E-state index in [-0.39, 0.29) is 11.4 Å². The summed E-state index contributed by atoms with van der Waals surface area (Å²) in [5.74, 6) is 0.138. The van der Waals surface area contributed by atoms with Crippen molar-refractivity contribution in [1.29, 1.82) is 0 Å². The number of thioether (sulfide) groups is 1. The number of amides is 2. The van der Waals surface area contributed by atoms with Crippen molar-refractivity contribution < 1.29 is 14.7 Å². The Hall–Kier alpha value is -0.910. The number of carbonyl (C=O) groups is 2. The van der Waals surface area contributed by atoms with Crippen LogP contribution in [0.1, 0.15) is 39.0 Å². The van der Waals surface area contributed by atoms with Crippen molar-refractivity contribution in [3.8, 4) is 0 Å². The van der Waals surface area contributed by atoms with Crippen LogP contribution in [0.2, 0.25) is 0 Å². The van der Waals surface area contributed by atoms with E-state index in [4.69, 9.17) is 0 Å². The van der Waals surface area contributed by atoms with E-state index in [0.29, 0.717) is 18.2 Å². The van der Waals surface area contributed by atoms with Crippen molar-refractivity contribution in [1.82, 2.24) is 9.80 Å². The molecular formula is C14H24N2O3S. The van der Waals surface area contributed by atoms with Crippen LogP contribution in [0.15, 0.2) is 0 Å². The zero-order valence-electron chi connectivity index (χ0n) is 12.2. The molecule has 0 aromatic heterocycles. The van der Waals surface area contributed by atoms with Gasteiger partial charge in [0.1, 0.15) is 6.04 Å². The maximum absolute atomic E-state index is 12.6. The summed E-state index contributed by atoms with van der Waals surface area (Å²) in [5, 5.41) is 9.39. The lowest BCUT2D eigenvalue weighted by Crippen LogP contribution is -2.51. The molecule has 0 spiro atoms. The summed E-state index contributed by atoms with van der Waals surface area (Å²) in [6, 6.07) is -0.776. The molecule has 2 atom stereocenters. The van der Waals surface area contributed by atoms with Crippen molar-refractivity contribution >= 4 is 23.8 Å². The molecule has 5 nitrogen and oxygen atoms in total. The molecule has 114 valence electrons. The van der Waals surface area contributed by atoms with Gasteiger partial charge in [-0.15, -0.1) is 11.8 Å². The van der Waals surface area contributed by atoms with E-state index in [1.807, 2.05) is 0 Å². The van der Waals surface area contributed by atoms with Crippen molar-refractivity contribution in [2.75, 3.05) is 19.3 Å². The first-order valence-corrected chi connectivity index (χ1v) is 8.49. The van der Waals surface area contributed by atoms with Crippen LogP contribution in [0.3, 0.4) is 0 Å². The molecule has 0 aromatic rings. The van der Waals surface area contributed by atoms with Crippen LogP contribution in [0, 0.1) is 5.92 Å². The number of hydrogen-bond donors (Lipinski definition) is 1. The summed E-state index contributed by atoms with van der Waals surface area (Å²) >= 11 is 1.63. The first kappa shape index (κ1) is 15.5. The fourth-order valence-electron chi connectivity index (χ4n) is 2.60. The van der Waals surface area contributed by atoms with Crippen LogP contribution in [-0.4, -0.2) is 57.7 Å². The van der Waals surface area contributed by atoms with Gasteiger partial charge in [-0.05, 0) is 25.2 Å². The Kier molecular flexibility index (Phi) is 5.18. The third-order valence-corrected chi connectivity index (χ3v) is 5.45. The molecule has 1 aliphatic carbocycles. The first-order chi connectivity index (χ1) is 9.56. The highest BCUT2D eigenvalue weighted by atomic mass is 32.2. The number of carboxylic acid groups (broad SMARTS) is 1. The first-order valence-electron chi connectivity index (χ1n) is 7.44. The van der Waals surface area contributed by atoms with E-state index < -0.39 is 12.0 Å². The van der Waals surface area contributed by atoms with Crippen LogP contribution in [0.5, 0.6) is 0 Å². The van der Waals surface area contributed by atoms with Crippen molar-refractivity contribution in [2.45, 2.75) is 50.4 Å². The summed E-state index contributed by atoms with van der Waals surface area (Å²) in [7, 11) is 1.78. The van der Waals surface area contributed by atoms with Gasteiger partial charge in [0.15, 0.2) is 0 Å². The number of unbranched alkanes of at least 4 members (excludes halogenated alkanes) is 2. The SMILES string of the molecule is CCCCCN(C)C(=O)N1C(C(=O)O)CSC1C1CC1. The number of aliphatic carboxylic acids is 1. The molecule has 2 rings (SSSR count). The van der Waals surface area contributed by atoms with Crippen LogP contribution in [0.4, 0.5) is 4.79 Å². The van der Waals surface area contributed by atoms with Gasteiger partial charge in [0, 0.05) is 19.3 Å². The van der Waals surface area contributed by atoms with Crippen molar-refractivity contribution in [3.05, 3.63) is 0 Å². The van der Waals surface area contributed by atoms with Gasteiger partial charge in [-0.25, -0.2) is 9.59 Å².